The Hall–Kier alpha value is -0.550. The molecule has 0 N–H and O–H groups in total. The molecule has 0 saturated carbocycles. The van der Waals surface area contributed by atoms with Crippen molar-refractivity contribution in [3.8, 4) is 0 Å². The second-order valence-corrected chi connectivity index (χ2v) is 3.46. The average molecular weight is 273 g/mol. The van der Waals surface area contributed by atoms with Crippen molar-refractivity contribution < 1.29 is 0 Å². The van der Waals surface area contributed by atoms with E-state index in [-0.39, 0.29) is 0 Å². The summed E-state index contributed by atoms with van der Waals surface area (Å²) in [6.07, 6.45) is 0. The van der Waals surface area contributed by atoms with Crippen LogP contribution in [0.5, 0.6) is 0 Å². The zero-order valence-electron chi connectivity index (χ0n) is 9.11. The van der Waals surface area contributed by atoms with Gasteiger partial charge in [0.25, 0.3) is 0 Å². The van der Waals surface area contributed by atoms with Gasteiger partial charge in [-0.1, -0.05) is 66.3 Å². The van der Waals surface area contributed by atoms with Crippen molar-refractivity contribution in [3.63, 3.8) is 0 Å². The van der Waals surface area contributed by atoms with E-state index in [1.165, 1.54) is 0 Å². The maximum Gasteiger partial charge on any atom is 0.0405 e. The molecule has 0 aliphatic heterocycles. The first-order valence-electron chi connectivity index (χ1n) is 4.78. The number of halogens is 2. The van der Waals surface area contributed by atoms with Gasteiger partial charge in [0.1, 0.15) is 0 Å². The SMILES string of the molecule is CP.Clc1ccccc1.Clc1ccccc1. The van der Waals surface area contributed by atoms with Gasteiger partial charge in [0.15, 0.2) is 0 Å². The Labute approximate surface area is 110 Å². The van der Waals surface area contributed by atoms with Crippen LogP contribution >= 0.6 is 32.4 Å². The minimum absolute atomic E-state index is 0.794. The number of rotatable bonds is 0. The molecule has 1 atom stereocenters. The highest BCUT2D eigenvalue weighted by atomic mass is 35.5. The Kier molecular flexibility index (Phi) is 10.6. The molecule has 0 spiro atoms. The largest absolute Gasteiger partial charge is 0.141 e. The van der Waals surface area contributed by atoms with Crippen LogP contribution < -0.4 is 0 Å². The van der Waals surface area contributed by atoms with Crippen LogP contribution in [-0.2, 0) is 0 Å². The topological polar surface area (TPSA) is 0 Å². The lowest BCUT2D eigenvalue weighted by Crippen LogP contribution is -1.55. The van der Waals surface area contributed by atoms with Gasteiger partial charge >= 0.3 is 0 Å². The molecule has 0 fully saturated rings. The molecule has 0 radical (unpaired) electrons. The third-order valence-corrected chi connectivity index (χ3v) is 1.97. The molecule has 2 rings (SSSR count). The van der Waals surface area contributed by atoms with Crippen molar-refractivity contribution >= 4 is 32.4 Å². The summed E-state index contributed by atoms with van der Waals surface area (Å²) in [5.41, 5.74) is 0. The third kappa shape index (κ3) is 8.73. The lowest BCUT2D eigenvalue weighted by Gasteiger charge is -1.80. The molecule has 16 heavy (non-hydrogen) atoms. The lowest BCUT2D eigenvalue weighted by atomic mass is 10.4. The molecule has 2 aromatic rings. The van der Waals surface area contributed by atoms with Gasteiger partial charge in [-0.2, -0.15) is 0 Å². The van der Waals surface area contributed by atoms with Gasteiger partial charge in [-0.05, 0) is 24.3 Å². The van der Waals surface area contributed by atoms with E-state index in [9.17, 15) is 0 Å². The molecule has 0 nitrogen and oxygen atoms in total. The molecule has 2 aromatic carbocycles. The van der Waals surface area contributed by atoms with Gasteiger partial charge in [0.05, 0.1) is 0 Å². The normalized spacial score (nSPS) is 8.00. The molecule has 0 heterocycles. The van der Waals surface area contributed by atoms with Crippen molar-refractivity contribution in [3.05, 3.63) is 70.7 Å². The highest BCUT2D eigenvalue weighted by Crippen LogP contribution is 2.04. The van der Waals surface area contributed by atoms with Crippen LogP contribution in [0.2, 0.25) is 10.0 Å². The molecule has 86 valence electrons. The van der Waals surface area contributed by atoms with E-state index in [2.05, 4.69) is 9.24 Å². The number of hydrogen-bond acceptors (Lipinski definition) is 0. The van der Waals surface area contributed by atoms with Crippen molar-refractivity contribution in [1.82, 2.24) is 0 Å². The molecule has 0 aromatic heterocycles. The zero-order chi connectivity index (χ0) is 12.2. The molecule has 0 aliphatic carbocycles. The second-order valence-electron chi connectivity index (χ2n) is 2.59. The summed E-state index contributed by atoms with van der Waals surface area (Å²) in [6, 6.07) is 18.9. The van der Waals surface area contributed by atoms with Crippen molar-refractivity contribution in [2.75, 3.05) is 6.66 Å². The molecular formula is C13H15Cl2P. The minimum atomic E-state index is 0.794. The molecule has 0 saturated heterocycles. The van der Waals surface area contributed by atoms with Crippen LogP contribution in [0.3, 0.4) is 0 Å². The standard InChI is InChI=1S/2C6H5Cl.CH5P/c2*7-6-4-2-1-3-5-6;1-2/h2*1-5H;2H2,1H3. The van der Waals surface area contributed by atoms with E-state index in [1.807, 2.05) is 67.3 Å². The van der Waals surface area contributed by atoms with Crippen molar-refractivity contribution in [2.24, 2.45) is 0 Å². The average Bonchev–Trinajstić information content (AvgIpc) is 2.34. The van der Waals surface area contributed by atoms with Gasteiger partial charge in [-0.3, -0.25) is 0 Å². The first kappa shape index (κ1) is 15.4. The predicted octanol–water partition coefficient (Wildman–Crippen LogP) is 5.17. The summed E-state index contributed by atoms with van der Waals surface area (Å²) in [4.78, 5) is 0. The Bertz CT molecular complexity index is 311. The maximum atomic E-state index is 5.54. The van der Waals surface area contributed by atoms with E-state index < -0.39 is 0 Å². The van der Waals surface area contributed by atoms with Gasteiger partial charge in [0.2, 0.25) is 0 Å². The fourth-order valence-corrected chi connectivity index (χ4v) is 1.12. The summed E-state index contributed by atoms with van der Waals surface area (Å²) in [7, 11) is 2.42. The highest BCUT2D eigenvalue weighted by molar-refractivity contribution is 7.15. The smallest absolute Gasteiger partial charge is 0.0405 e. The third-order valence-electron chi connectivity index (χ3n) is 1.47. The summed E-state index contributed by atoms with van der Waals surface area (Å²) < 4.78 is 0. The van der Waals surface area contributed by atoms with E-state index in [1.54, 1.807) is 0 Å². The Morgan fingerprint density at radius 3 is 1.00 bits per heavy atom. The summed E-state index contributed by atoms with van der Waals surface area (Å²) in [5.74, 6) is 0. The van der Waals surface area contributed by atoms with E-state index >= 15 is 0 Å². The fourth-order valence-electron chi connectivity index (χ4n) is 0.829. The van der Waals surface area contributed by atoms with Gasteiger partial charge < -0.3 is 0 Å². The van der Waals surface area contributed by atoms with Gasteiger partial charge in [-0.15, -0.1) is 9.24 Å². The molecule has 1 unspecified atom stereocenters. The summed E-state index contributed by atoms with van der Waals surface area (Å²) in [5, 5.41) is 1.59. The molecule has 0 aliphatic rings. The number of hydrogen-bond donors (Lipinski definition) is 0. The van der Waals surface area contributed by atoms with Crippen LogP contribution in [0.4, 0.5) is 0 Å². The summed E-state index contributed by atoms with van der Waals surface area (Å²) in [6.45, 7) is 1.92. The summed E-state index contributed by atoms with van der Waals surface area (Å²) >= 11 is 11.1. The first-order chi connectivity index (χ1) is 7.79. The van der Waals surface area contributed by atoms with Gasteiger partial charge in [-0.25, -0.2) is 0 Å². The van der Waals surface area contributed by atoms with E-state index in [0.717, 1.165) is 10.0 Å². The second kappa shape index (κ2) is 11.0. The zero-order valence-corrected chi connectivity index (χ0v) is 11.8. The van der Waals surface area contributed by atoms with Crippen LogP contribution in [0, 0.1) is 0 Å². The molecule has 0 amide bonds. The predicted molar refractivity (Wildman–Crippen MR) is 78.5 cm³/mol. The molecule has 0 bridgehead atoms. The van der Waals surface area contributed by atoms with Crippen LogP contribution in [0.15, 0.2) is 60.7 Å². The van der Waals surface area contributed by atoms with Crippen LogP contribution in [0.25, 0.3) is 0 Å². The minimum Gasteiger partial charge on any atom is -0.141 e. The Morgan fingerprint density at radius 2 is 0.875 bits per heavy atom. The maximum absolute atomic E-state index is 5.54. The van der Waals surface area contributed by atoms with E-state index in [0.29, 0.717) is 0 Å². The fraction of sp³-hybridized carbons (Fsp3) is 0.0769. The highest BCUT2D eigenvalue weighted by Gasteiger charge is 1.75. The van der Waals surface area contributed by atoms with E-state index in [4.69, 9.17) is 23.2 Å². The first-order valence-corrected chi connectivity index (χ1v) is 6.69. The Morgan fingerprint density at radius 1 is 0.625 bits per heavy atom. The van der Waals surface area contributed by atoms with Crippen LogP contribution in [0.1, 0.15) is 0 Å². The van der Waals surface area contributed by atoms with Crippen molar-refractivity contribution in [2.45, 2.75) is 0 Å². The molecular weight excluding hydrogens is 258 g/mol. The quantitative estimate of drug-likeness (QED) is 0.581. The Balaban J connectivity index is 0.000000244. The van der Waals surface area contributed by atoms with Crippen molar-refractivity contribution in [1.29, 1.82) is 0 Å². The number of benzene rings is 2. The lowest BCUT2D eigenvalue weighted by molar-refractivity contribution is 1.71. The van der Waals surface area contributed by atoms with Crippen LogP contribution in [-0.4, -0.2) is 6.66 Å². The molecule has 3 heteroatoms. The monoisotopic (exact) mass is 272 g/mol. The van der Waals surface area contributed by atoms with Gasteiger partial charge in [0, 0.05) is 10.0 Å².